The molecule has 1 aromatic heterocycles. The van der Waals surface area contributed by atoms with E-state index >= 15 is 0 Å². The predicted octanol–water partition coefficient (Wildman–Crippen LogP) is 2.58. The highest BCUT2D eigenvalue weighted by Gasteiger charge is 2.46. The van der Waals surface area contributed by atoms with Crippen LogP contribution >= 0.6 is 11.3 Å². The van der Waals surface area contributed by atoms with Crippen molar-refractivity contribution >= 4 is 23.2 Å². The second-order valence-electron chi connectivity index (χ2n) is 8.37. The molecular weight excluding hydrogens is 436 g/mol. The minimum Gasteiger partial charge on any atom is -0.374 e. The van der Waals surface area contributed by atoms with Gasteiger partial charge in [-0.25, -0.2) is 4.98 Å². The van der Waals surface area contributed by atoms with Gasteiger partial charge in [0.1, 0.15) is 17.1 Å². The molecule has 2 aliphatic rings. The van der Waals surface area contributed by atoms with E-state index in [1.165, 1.54) is 0 Å². The molecule has 2 amide bonds. The number of aromatic nitrogens is 1. The lowest BCUT2D eigenvalue weighted by molar-refractivity contribution is -0.148. The Bertz CT molecular complexity index is 1110. The molecule has 2 saturated heterocycles. The number of carbonyl (C=O) groups is 2. The molecule has 3 heterocycles. The van der Waals surface area contributed by atoms with Crippen LogP contribution < -0.4 is 10.6 Å². The van der Waals surface area contributed by atoms with Crippen molar-refractivity contribution in [3.8, 4) is 11.3 Å². The largest absolute Gasteiger partial charge is 0.374 e. The topological polar surface area (TPSA) is 83.6 Å². The Morgan fingerprint density at radius 3 is 2.64 bits per heavy atom. The summed E-state index contributed by atoms with van der Waals surface area (Å²) in [5.74, 6) is -0.176. The van der Waals surface area contributed by atoms with Crippen molar-refractivity contribution in [3.63, 3.8) is 0 Å². The van der Waals surface area contributed by atoms with Gasteiger partial charge in [0.15, 0.2) is 0 Å². The number of nitrogens with one attached hydrogen (secondary N) is 2. The van der Waals surface area contributed by atoms with E-state index in [2.05, 4.69) is 16.0 Å². The van der Waals surface area contributed by atoms with Crippen LogP contribution in [0.15, 0.2) is 66.0 Å². The molecule has 2 N–H and O–H groups in total. The molecule has 5 rings (SSSR count). The maximum absolute atomic E-state index is 13.0. The van der Waals surface area contributed by atoms with Gasteiger partial charge in [0.2, 0.25) is 11.8 Å². The molecule has 0 saturated carbocycles. The number of piperazine rings is 1. The van der Waals surface area contributed by atoms with Gasteiger partial charge in [-0.1, -0.05) is 60.7 Å². The van der Waals surface area contributed by atoms with Gasteiger partial charge in [-0.05, 0) is 12.0 Å². The van der Waals surface area contributed by atoms with Crippen LogP contribution in [-0.4, -0.2) is 53.0 Å². The Kier molecular flexibility index (Phi) is 6.48. The molecule has 0 bridgehead atoms. The minimum absolute atomic E-state index is 0.0535. The summed E-state index contributed by atoms with van der Waals surface area (Å²) in [6.45, 7) is 1.71. The molecule has 2 fully saturated rings. The van der Waals surface area contributed by atoms with Crippen molar-refractivity contribution in [2.45, 2.75) is 37.7 Å². The number of amides is 2. The number of hydrogen-bond donors (Lipinski definition) is 2. The summed E-state index contributed by atoms with van der Waals surface area (Å²) in [4.78, 5) is 32.0. The standard InChI is InChI=1S/C25H26N4O3S/c30-24-22-11-19(26-12-23-27-21(16-33-23)18-9-5-2-6-10-18)13-29(22)25(31)20(28-24)15-32-14-17-7-3-1-4-8-17/h1-10,16,19-20,22,26H,11-15H2,(H,28,30)/t19-,20-,22-/m0/s1. The molecule has 0 spiro atoms. The van der Waals surface area contributed by atoms with Gasteiger partial charge in [0.05, 0.1) is 18.9 Å². The van der Waals surface area contributed by atoms with Crippen molar-refractivity contribution in [2.75, 3.05) is 13.2 Å². The summed E-state index contributed by atoms with van der Waals surface area (Å²) < 4.78 is 5.71. The maximum Gasteiger partial charge on any atom is 0.248 e. The number of nitrogens with zero attached hydrogens (tertiary/aromatic N) is 2. The number of ether oxygens (including phenoxy) is 1. The third-order valence-corrected chi connectivity index (χ3v) is 6.91. The summed E-state index contributed by atoms with van der Waals surface area (Å²) in [5.41, 5.74) is 3.10. The highest BCUT2D eigenvalue weighted by molar-refractivity contribution is 7.09. The molecule has 0 radical (unpaired) electrons. The molecule has 3 atom stereocenters. The van der Waals surface area contributed by atoms with E-state index in [9.17, 15) is 9.59 Å². The van der Waals surface area contributed by atoms with Crippen LogP contribution in [0.4, 0.5) is 0 Å². The van der Waals surface area contributed by atoms with Crippen LogP contribution in [0.25, 0.3) is 11.3 Å². The number of hydrogen-bond acceptors (Lipinski definition) is 6. The lowest BCUT2D eigenvalue weighted by atomic mass is 10.1. The Labute approximate surface area is 196 Å². The van der Waals surface area contributed by atoms with E-state index in [4.69, 9.17) is 9.72 Å². The van der Waals surface area contributed by atoms with Crippen molar-refractivity contribution in [3.05, 3.63) is 76.6 Å². The molecule has 33 heavy (non-hydrogen) atoms. The zero-order chi connectivity index (χ0) is 22.6. The van der Waals surface area contributed by atoms with Crippen molar-refractivity contribution in [1.29, 1.82) is 0 Å². The average molecular weight is 463 g/mol. The van der Waals surface area contributed by atoms with Crippen LogP contribution in [0.5, 0.6) is 0 Å². The van der Waals surface area contributed by atoms with Crippen LogP contribution in [0, 0.1) is 0 Å². The second-order valence-corrected chi connectivity index (χ2v) is 9.32. The minimum atomic E-state index is -0.636. The first-order valence-electron chi connectivity index (χ1n) is 11.1. The van der Waals surface area contributed by atoms with Gasteiger partial charge in [0, 0.05) is 30.1 Å². The number of fused-ring (bicyclic) bond motifs is 1. The SMILES string of the molecule is O=C1N[C@@H](COCc2ccccc2)C(=O)N2C[C@@H](NCc3nc(-c4ccccc4)cs3)C[C@@H]12. The third kappa shape index (κ3) is 4.98. The van der Waals surface area contributed by atoms with E-state index in [0.717, 1.165) is 21.8 Å². The fourth-order valence-corrected chi connectivity index (χ4v) is 5.11. The smallest absolute Gasteiger partial charge is 0.248 e. The van der Waals surface area contributed by atoms with Crippen LogP contribution in [0.3, 0.4) is 0 Å². The van der Waals surface area contributed by atoms with Crippen molar-refractivity contribution in [1.82, 2.24) is 20.5 Å². The molecule has 3 aromatic rings. The van der Waals surface area contributed by atoms with Crippen LogP contribution in [0.2, 0.25) is 0 Å². The molecule has 2 aliphatic heterocycles. The predicted molar refractivity (Wildman–Crippen MR) is 126 cm³/mol. The van der Waals surface area contributed by atoms with E-state index in [-0.39, 0.29) is 24.5 Å². The van der Waals surface area contributed by atoms with Gasteiger partial charge in [0.25, 0.3) is 0 Å². The first-order chi connectivity index (χ1) is 16.2. The highest BCUT2D eigenvalue weighted by atomic mass is 32.1. The molecule has 7 nitrogen and oxygen atoms in total. The molecule has 0 unspecified atom stereocenters. The number of rotatable bonds is 8. The summed E-state index contributed by atoms with van der Waals surface area (Å²) in [7, 11) is 0. The average Bonchev–Trinajstić information content (AvgIpc) is 3.50. The molecule has 170 valence electrons. The lowest BCUT2D eigenvalue weighted by Gasteiger charge is -2.34. The first kappa shape index (κ1) is 21.8. The number of carbonyl (C=O) groups excluding carboxylic acids is 2. The van der Waals surface area contributed by atoms with Crippen LogP contribution in [-0.2, 0) is 27.5 Å². The van der Waals surface area contributed by atoms with E-state index in [1.807, 2.05) is 60.7 Å². The van der Waals surface area contributed by atoms with Gasteiger partial charge < -0.3 is 20.3 Å². The molecular formula is C25H26N4O3S. The van der Waals surface area contributed by atoms with Crippen molar-refractivity contribution in [2.24, 2.45) is 0 Å². The fraction of sp³-hybridized carbons (Fsp3) is 0.320. The van der Waals surface area contributed by atoms with E-state index in [0.29, 0.717) is 26.1 Å². The zero-order valence-corrected chi connectivity index (χ0v) is 19.0. The Hall–Kier alpha value is -3.07. The van der Waals surface area contributed by atoms with E-state index in [1.54, 1.807) is 16.2 Å². The molecule has 2 aromatic carbocycles. The van der Waals surface area contributed by atoms with Crippen LogP contribution in [0.1, 0.15) is 17.0 Å². The number of thiazole rings is 1. The summed E-state index contributed by atoms with van der Waals surface area (Å²) in [6, 6.07) is 18.9. The summed E-state index contributed by atoms with van der Waals surface area (Å²) >= 11 is 1.61. The quantitative estimate of drug-likeness (QED) is 0.538. The Morgan fingerprint density at radius 1 is 1.09 bits per heavy atom. The first-order valence-corrected chi connectivity index (χ1v) is 12.0. The maximum atomic E-state index is 13.0. The highest BCUT2D eigenvalue weighted by Crippen LogP contribution is 2.25. The fourth-order valence-electron chi connectivity index (χ4n) is 4.35. The molecule has 8 heteroatoms. The van der Waals surface area contributed by atoms with Crippen molar-refractivity contribution < 1.29 is 14.3 Å². The van der Waals surface area contributed by atoms with Gasteiger partial charge in [-0.3, -0.25) is 9.59 Å². The Morgan fingerprint density at radius 2 is 1.85 bits per heavy atom. The van der Waals surface area contributed by atoms with E-state index < -0.39 is 12.1 Å². The van der Waals surface area contributed by atoms with Gasteiger partial charge in [-0.15, -0.1) is 11.3 Å². The molecule has 0 aliphatic carbocycles. The van der Waals surface area contributed by atoms with Gasteiger partial charge >= 0.3 is 0 Å². The number of benzene rings is 2. The zero-order valence-electron chi connectivity index (χ0n) is 18.1. The monoisotopic (exact) mass is 462 g/mol. The second kappa shape index (κ2) is 9.82. The Balaban J connectivity index is 1.13. The summed E-state index contributed by atoms with van der Waals surface area (Å²) in [6.07, 6.45) is 0.603. The summed E-state index contributed by atoms with van der Waals surface area (Å²) in [5, 5.41) is 9.37. The lowest BCUT2D eigenvalue weighted by Crippen LogP contribution is -2.62. The normalized spacial score (nSPS) is 22.3. The third-order valence-electron chi connectivity index (χ3n) is 6.06. The van der Waals surface area contributed by atoms with Gasteiger partial charge in [-0.2, -0.15) is 0 Å².